The Morgan fingerprint density at radius 3 is 2.32 bits per heavy atom. The van der Waals surface area contributed by atoms with E-state index >= 15 is 0 Å². The Balaban J connectivity index is 1.71. The van der Waals surface area contributed by atoms with Crippen molar-refractivity contribution in [3.05, 3.63) is 11.6 Å². The van der Waals surface area contributed by atoms with E-state index in [0.29, 0.717) is 30.3 Å². The SMILES string of the molecule is CON=C1C=C2CC[C@H]3[C@@H]4CC[C@H](C(CO[Si](C)(C)C)=NOC)[C@@]4(C)CC(O[Si](C)(C)C)[C@@H]3[C@@]2(C)CC1. The molecule has 0 N–H and O–H groups in total. The Morgan fingerprint density at radius 1 is 0.973 bits per heavy atom. The molecule has 0 radical (unpaired) electrons. The number of oxime groups is 2. The number of rotatable bonds is 8. The first-order valence-corrected chi connectivity index (χ1v) is 21.3. The van der Waals surface area contributed by atoms with E-state index in [-0.39, 0.29) is 16.9 Å². The van der Waals surface area contributed by atoms with Crippen molar-refractivity contribution in [1.82, 2.24) is 0 Å². The Hall–Kier alpha value is -0.966. The Kier molecular flexibility index (Phi) is 8.27. The zero-order valence-corrected chi connectivity index (χ0v) is 27.1. The second-order valence-corrected chi connectivity index (χ2v) is 23.4. The van der Waals surface area contributed by atoms with E-state index in [1.54, 1.807) is 19.8 Å². The Labute approximate surface area is 227 Å². The van der Waals surface area contributed by atoms with E-state index in [1.165, 1.54) is 19.3 Å². The van der Waals surface area contributed by atoms with Crippen LogP contribution >= 0.6 is 0 Å². The van der Waals surface area contributed by atoms with Gasteiger partial charge in [0, 0.05) is 12.0 Å². The van der Waals surface area contributed by atoms with E-state index in [9.17, 15) is 0 Å². The van der Waals surface area contributed by atoms with E-state index in [2.05, 4.69) is 69.5 Å². The van der Waals surface area contributed by atoms with Crippen LogP contribution < -0.4 is 0 Å². The molecule has 3 saturated carbocycles. The molecular weight excluding hydrogens is 497 g/mol. The summed E-state index contributed by atoms with van der Waals surface area (Å²) in [5.74, 6) is 2.31. The molecule has 0 spiro atoms. The summed E-state index contributed by atoms with van der Waals surface area (Å²) in [6.45, 7) is 19.5. The van der Waals surface area contributed by atoms with Crippen LogP contribution in [0.15, 0.2) is 22.0 Å². The normalized spacial score (nSPS) is 39.5. The van der Waals surface area contributed by atoms with Gasteiger partial charge in [-0.05, 0) is 119 Å². The van der Waals surface area contributed by atoms with Crippen molar-refractivity contribution in [2.24, 2.45) is 44.8 Å². The van der Waals surface area contributed by atoms with Gasteiger partial charge in [-0.3, -0.25) is 0 Å². The molecule has 0 amide bonds. The number of hydrogen-bond acceptors (Lipinski definition) is 6. The van der Waals surface area contributed by atoms with Crippen LogP contribution in [0.1, 0.15) is 58.8 Å². The molecule has 0 aromatic carbocycles. The van der Waals surface area contributed by atoms with Crippen molar-refractivity contribution in [2.45, 2.75) is 104 Å². The van der Waals surface area contributed by atoms with Gasteiger partial charge in [0.1, 0.15) is 14.2 Å². The maximum absolute atomic E-state index is 7.17. The average molecular weight is 549 g/mol. The van der Waals surface area contributed by atoms with E-state index in [0.717, 1.165) is 37.1 Å². The lowest BCUT2D eigenvalue weighted by Crippen LogP contribution is -2.59. The lowest BCUT2D eigenvalue weighted by atomic mass is 9.46. The highest BCUT2D eigenvalue weighted by molar-refractivity contribution is 6.70. The maximum atomic E-state index is 7.17. The van der Waals surface area contributed by atoms with Gasteiger partial charge in [0.15, 0.2) is 16.6 Å². The highest BCUT2D eigenvalue weighted by Crippen LogP contribution is 2.67. The smallest absolute Gasteiger partial charge is 0.184 e. The van der Waals surface area contributed by atoms with E-state index < -0.39 is 16.6 Å². The first-order chi connectivity index (χ1) is 17.2. The zero-order valence-electron chi connectivity index (χ0n) is 25.1. The summed E-state index contributed by atoms with van der Waals surface area (Å²) in [5.41, 5.74) is 4.11. The molecule has 210 valence electrons. The van der Waals surface area contributed by atoms with Gasteiger partial charge < -0.3 is 18.5 Å². The van der Waals surface area contributed by atoms with Crippen LogP contribution in [0.4, 0.5) is 0 Å². The third-order valence-electron chi connectivity index (χ3n) is 9.86. The van der Waals surface area contributed by atoms with Crippen molar-refractivity contribution in [3.8, 4) is 0 Å². The summed E-state index contributed by atoms with van der Waals surface area (Å²) >= 11 is 0. The summed E-state index contributed by atoms with van der Waals surface area (Å²) < 4.78 is 13.6. The molecule has 37 heavy (non-hydrogen) atoms. The molecular formula is C29H52N2O4Si2. The quantitative estimate of drug-likeness (QED) is 0.182. The van der Waals surface area contributed by atoms with Gasteiger partial charge in [0.25, 0.3) is 0 Å². The molecule has 0 aromatic heterocycles. The topological polar surface area (TPSA) is 61.6 Å². The van der Waals surface area contributed by atoms with Gasteiger partial charge in [-0.2, -0.15) is 0 Å². The molecule has 0 saturated heterocycles. The minimum Gasteiger partial charge on any atom is -0.414 e. The monoisotopic (exact) mass is 548 g/mol. The van der Waals surface area contributed by atoms with Crippen LogP contribution in [0.2, 0.25) is 39.3 Å². The molecule has 4 aliphatic rings. The first kappa shape index (κ1) is 29.0. The number of nitrogens with zero attached hydrogens (tertiary/aromatic N) is 2. The van der Waals surface area contributed by atoms with Crippen LogP contribution in [-0.4, -0.2) is 55.0 Å². The van der Waals surface area contributed by atoms with Crippen molar-refractivity contribution in [2.75, 3.05) is 20.8 Å². The molecule has 1 unspecified atom stereocenters. The van der Waals surface area contributed by atoms with Crippen molar-refractivity contribution in [1.29, 1.82) is 0 Å². The fourth-order valence-electron chi connectivity index (χ4n) is 8.56. The maximum Gasteiger partial charge on any atom is 0.184 e. The van der Waals surface area contributed by atoms with Crippen LogP contribution in [-0.2, 0) is 18.5 Å². The third kappa shape index (κ3) is 5.82. The van der Waals surface area contributed by atoms with Gasteiger partial charge in [-0.25, -0.2) is 0 Å². The van der Waals surface area contributed by atoms with Crippen LogP contribution in [0, 0.1) is 34.5 Å². The largest absolute Gasteiger partial charge is 0.414 e. The fraction of sp³-hybridized carbons (Fsp3) is 0.862. The molecule has 0 aliphatic heterocycles. The van der Waals surface area contributed by atoms with Crippen LogP contribution in [0.5, 0.6) is 0 Å². The van der Waals surface area contributed by atoms with E-state index in [1.807, 2.05) is 0 Å². The molecule has 8 heteroatoms. The highest BCUT2D eigenvalue weighted by Gasteiger charge is 2.63. The number of fused-ring (bicyclic) bond motifs is 5. The summed E-state index contributed by atoms with van der Waals surface area (Å²) in [4.78, 5) is 10.6. The highest BCUT2D eigenvalue weighted by atomic mass is 28.4. The molecule has 6 nitrogen and oxygen atoms in total. The number of allylic oxidation sites excluding steroid dienone is 2. The molecule has 0 bridgehead atoms. The van der Waals surface area contributed by atoms with Crippen LogP contribution in [0.3, 0.4) is 0 Å². The lowest BCUT2D eigenvalue weighted by molar-refractivity contribution is -0.114. The van der Waals surface area contributed by atoms with E-state index in [4.69, 9.17) is 18.5 Å². The van der Waals surface area contributed by atoms with Gasteiger partial charge in [-0.1, -0.05) is 29.7 Å². The molecule has 4 aliphatic carbocycles. The number of hydrogen-bond donors (Lipinski definition) is 0. The third-order valence-corrected chi connectivity index (χ3v) is 11.9. The molecule has 0 aromatic rings. The predicted molar refractivity (Wildman–Crippen MR) is 157 cm³/mol. The van der Waals surface area contributed by atoms with Crippen molar-refractivity contribution < 1.29 is 18.5 Å². The first-order valence-electron chi connectivity index (χ1n) is 14.4. The average Bonchev–Trinajstić information content (AvgIpc) is 3.11. The van der Waals surface area contributed by atoms with Crippen molar-refractivity contribution >= 4 is 28.1 Å². The van der Waals surface area contributed by atoms with Gasteiger partial charge in [-0.15, -0.1) is 0 Å². The van der Waals surface area contributed by atoms with Crippen LogP contribution in [0.25, 0.3) is 0 Å². The summed E-state index contributed by atoms with van der Waals surface area (Å²) in [5, 5.41) is 8.92. The predicted octanol–water partition coefficient (Wildman–Crippen LogP) is 7.25. The Morgan fingerprint density at radius 2 is 1.70 bits per heavy atom. The zero-order chi connectivity index (χ0) is 27.2. The fourth-order valence-corrected chi connectivity index (χ4v) is 10.3. The minimum absolute atomic E-state index is 0.153. The van der Waals surface area contributed by atoms with Crippen molar-refractivity contribution in [3.63, 3.8) is 0 Å². The molecule has 4 rings (SSSR count). The Bertz CT molecular complexity index is 937. The van der Waals surface area contributed by atoms with Gasteiger partial charge in [0.2, 0.25) is 0 Å². The molecule has 3 fully saturated rings. The van der Waals surface area contributed by atoms with Gasteiger partial charge >= 0.3 is 0 Å². The minimum atomic E-state index is -1.76. The molecule has 0 heterocycles. The summed E-state index contributed by atoms with van der Waals surface area (Å²) in [7, 11) is -0.0849. The van der Waals surface area contributed by atoms with Gasteiger partial charge in [0.05, 0.1) is 18.0 Å². The second-order valence-electron chi connectivity index (χ2n) is 14.5. The lowest BCUT2D eigenvalue weighted by Gasteiger charge is -2.61. The summed E-state index contributed by atoms with van der Waals surface area (Å²) in [6, 6.07) is 0. The molecule has 7 atom stereocenters. The second kappa shape index (κ2) is 10.5. The standard InChI is InChI=1S/C29H52N2O4Si2/c1-28-16-15-21(30-32-3)17-20(28)11-12-22-23-13-14-24(25(31-33-4)19-34-36(5,6)7)29(23,2)18-26(27(22)28)35-37(8,9)10/h17,22-24,26-27H,11-16,18-19H2,1-10H3/t22-,23-,24+,26?,27+,28-,29-/m0/s1. The summed E-state index contributed by atoms with van der Waals surface area (Å²) in [6.07, 6.45) is 10.7.